The third kappa shape index (κ3) is 4.83. The Morgan fingerprint density at radius 2 is 1.78 bits per heavy atom. The Hall–Kier alpha value is -2.78. The van der Waals surface area contributed by atoms with E-state index < -0.39 is 5.97 Å². The molecular formula is C25H18BrIN2O3. The molecule has 7 heteroatoms. The highest BCUT2D eigenvalue weighted by atomic mass is 127. The summed E-state index contributed by atoms with van der Waals surface area (Å²) in [5.74, 6) is 0.100. The lowest BCUT2D eigenvalue weighted by Crippen LogP contribution is -2.22. The first-order chi connectivity index (χ1) is 15.5. The lowest BCUT2D eigenvalue weighted by molar-refractivity contribution is 0.0526. The Bertz CT molecular complexity index is 1380. The van der Waals surface area contributed by atoms with Crippen LogP contribution in [-0.2, 0) is 4.74 Å². The topological polar surface area (TPSA) is 61.2 Å². The van der Waals surface area contributed by atoms with Crippen molar-refractivity contribution in [2.45, 2.75) is 6.92 Å². The van der Waals surface area contributed by atoms with Gasteiger partial charge in [-0.2, -0.15) is 0 Å². The zero-order chi connectivity index (χ0) is 22.7. The summed E-state index contributed by atoms with van der Waals surface area (Å²) >= 11 is 5.62. The van der Waals surface area contributed by atoms with Crippen LogP contribution in [0.2, 0.25) is 0 Å². The average molecular weight is 601 g/mol. The van der Waals surface area contributed by atoms with Crippen LogP contribution >= 0.6 is 38.5 Å². The Kier molecular flexibility index (Phi) is 6.86. The van der Waals surface area contributed by atoms with Crippen LogP contribution in [0, 0.1) is 3.57 Å². The quantitative estimate of drug-likeness (QED) is 0.205. The molecule has 0 aliphatic rings. The molecule has 1 aromatic heterocycles. The number of rotatable bonds is 5. The molecule has 0 radical (unpaired) electrons. The number of halogens is 2. The number of ether oxygens (including phenoxy) is 1. The number of hydrogen-bond acceptors (Lipinski definition) is 4. The van der Waals surface area contributed by atoms with E-state index in [1.165, 1.54) is 0 Å². The number of carbonyl (C=O) groups is 1. The van der Waals surface area contributed by atoms with Gasteiger partial charge >= 0.3 is 5.97 Å². The molecule has 0 N–H and O–H groups in total. The van der Waals surface area contributed by atoms with E-state index in [0.717, 1.165) is 13.6 Å². The monoisotopic (exact) mass is 600 g/mol. The van der Waals surface area contributed by atoms with Crippen LogP contribution in [0.5, 0.6) is 0 Å². The summed E-state index contributed by atoms with van der Waals surface area (Å²) in [4.78, 5) is 30.2. The van der Waals surface area contributed by atoms with E-state index in [2.05, 4.69) is 38.5 Å². The molecule has 0 fully saturated rings. The molecule has 32 heavy (non-hydrogen) atoms. The van der Waals surface area contributed by atoms with E-state index in [9.17, 15) is 9.59 Å². The summed E-state index contributed by atoms with van der Waals surface area (Å²) in [7, 11) is 0. The van der Waals surface area contributed by atoms with Gasteiger partial charge in [-0.1, -0.05) is 34.1 Å². The average Bonchev–Trinajstić information content (AvgIpc) is 2.79. The first-order valence-corrected chi connectivity index (χ1v) is 11.8. The number of aromatic nitrogens is 2. The molecule has 1 heterocycles. The SMILES string of the molecule is CCOC(=O)c1ccc(-n2c(C=Cc3ccc(Br)cc3)nc3ccc(I)cc3c2=O)cc1. The van der Waals surface area contributed by atoms with Crippen LogP contribution in [0.1, 0.15) is 28.7 Å². The molecule has 5 nitrogen and oxygen atoms in total. The second-order valence-corrected chi connectivity index (χ2v) is 9.09. The molecule has 160 valence electrons. The number of hydrogen-bond donors (Lipinski definition) is 0. The Morgan fingerprint density at radius 1 is 1.06 bits per heavy atom. The standard InChI is InChI=1S/C25H18BrIN2O3/c1-2-32-25(31)17-6-11-20(12-7-17)29-23(14-5-16-3-8-18(26)9-4-16)28-22-13-10-19(27)15-21(22)24(29)30/h3-15H,2H2,1H3. The molecule has 0 aliphatic carbocycles. The van der Waals surface area contributed by atoms with E-state index in [1.807, 2.05) is 54.6 Å². The fraction of sp³-hybridized carbons (Fsp3) is 0.0800. The molecule has 4 rings (SSSR count). The Balaban J connectivity index is 1.86. The third-order valence-electron chi connectivity index (χ3n) is 4.79. The van der Waals surface area contributed by atoms with Crippen LogP contribution in [0.15, 0.2) is 76.0 Å². The number of esters is 1. The highest BCUT2D eigenvalue weighted by molar-refractivity contribution is 14.1. The summed E-state index contributed by atoms with van der Waals surface area (Å²) in [6, 6.07) is 20.2. The van der Waals surface area contributed by atoms with Crippen molar-refractivity contribution in [2.75, 3.05) is 6.61 Å². The lowest BCUT2D eigenvalue weighted by atomic mass is 10.1. The van der Waals surface area contributed by atoms with E-state index in [1.54, 1.807) is 35.8 Å². The molecule has 0 aliphatic heterocycles. The molecule has 3 aromatic carbocycles. The highest BCUT2D eigenvalue weighted by Crippen LogP contribution is 2.19. The minimum Gasteiger partial charge on any atom is -0.462 e. The van der Waals surface area contributed by atoms with Gasteiger partial charge in [0, 0.05) is 8.04 Å². The summed E-state index contributed by atoms with van der Waals surface area (Å²) in [5.41, 5.74) is 2.48. The number of benzene rings is 3. The minimum absolute atomic E-state index is 0.173. The number of carbonyl (C=O) groups excluding carboxylic acids is 1. The highest BCUT2D eigenvalue weighted by Gasteiger charge is 2.13. The van der Waals surface area contributed by atoms with Crippen molar-refractivity contribution < 1.29 is 9.53 Å². The lowest BCUT2D eigenvalue weighted by Gasteiger charge is -2.12. The first kappa shape index (κ1) is 22.4. The molecule has 0 bridgehead atoms. The summed E-state index contributed by atoms with van der Waals surface area (Å²) in [5, 5.41) is 0.534. The Morgan fingerprint density at radius 3 is 2.47 bits per heavy atom. The Labute approximate surface area is 207 Å². The maximum atomic E-state index is 13.5. The van der Waals surface area contributed by atoms with Gasteiger partial charge < -0.3 is 4.74 Å². The van der Waals surface area contributed by atoms with Gasteiger partial charge in [0.25, 0.3) is 5.56 Å². The minimum atomic E-state index is -0.395. The zero-order valence-electron chi connectivity index (χ0n) is 17.1. The fourth-order valence-corrected chi connectivity index (χ4v) is 4.00. The predicted octanol–water partition coefficient (Wildman–Crippen LogP) is 6.10. The van der Waals surface area contributed by atoms with Crippen molar-refractivity contribution in [3.05, 3.63) is 102 Å². The maximum absolute atomic E-state index is 13.5. The molecule has 4 aromatic rings. The largest absolute Gasteiger partial charge is 0.462 e. The molecular weight excluding hydrogens is 583 g/mol. The van der Waals surface area contributed by atoms with Crippen LogP contribution < -0.4 is 5.56 Å². The second kappa shape index (κ2) is 9.79. The van der Waals surface area contributed by atoms with Gasteiger partial charge in [-0.25, -0.2) is 9.78 Å². The molecule has 0 saturated carbocycles. The van der Waals surface area contributed by atoms with Crippen LogP contribution in [0.3, 0.4) is 0 Å². The van der Waals surface area contributed by atoms with Crippen molar-refractivity contribution >= 4 is 67.5 Å². The molecule has 0 atom stereocenters. The third-order valence-corrected chi connectivity index (χ3v) is 5.99. The van der Waals surface area contributed by atoms with Gasteiger partial charge in [0.1, 0.15) is 5.82 Å². The zero-order valence-corrected chi connectivity index (χ0v) is 20.8. The number of fused-ring (bicyclic) bond motifs is 1. The van der Waals surface area contributed by atoms with Gasteiger partial charge in [-0.15, -0.1) is 0 Å². The second-order valence-electron chi connectivity index (χ2n) is 6.92. The van der Waals surface area contributed by atoms with Gasteiger partial charge in [-0.3, -0.25) is 9.36 Å². The van der Waals surface area contributed by atoms with Crippen molar-refractivity contribution in [2.24, 2.45) is 0 Å². The van der Waals surface area contributed by atoms with Crippen molar-refractivity contribution in [3.63, 3.8) is 0 Å². The summed E-state index contributed by atoms with van der Waals surface area (Å²) < 4.78 is 8.56. The first-order valence-electron chi connectivity index (χ1n) is 9.90. The summed E-state index contributed by atoms with van der Waals surface area (Å²) in [6.07, 6.45) is 3.73. The molecule has 0 spiro atoms. The van der Waals surface area contributed by atoms with E-state index in [4.69, 9.17) is 9.72 Å². The van der Waals surface area contributed by atoms with Crippen molar-refractivity contribution in [1.82, 2.24) is 9.55 Å². The van der Waals surface area contributed by atoms with Gasteiger partial charge in [0.05, 0.1) is 28.8 Å². The van der Waals surface area contributed by atoms with Gasteiger partial charge in [0.15, 0.2) is 0 Å². The maximum Gasteiger partial charge on any atom is 0.338 e. The number of nitrogens with zero attached hydrogens (tertiary/aromatic N) is 2. The van der Waals surface area contributed by atoms with Crippen LogP contribution in [0.4, 0.5) is 0 Å². The van der Waals surface area contributed by atoms with Gasteiger partial charge in [0.2, 0.25) is 0 Å². The van der Waals surface area contributed by atoms with E-state index >= 15 is 0 Å². The molecule has 0 saturated heterocycles. The molecule has 0 amide bonds. The smallest absolute Gasteiger partial charge is 0.338 e. The normalized spacial score (nSPS) is 11.2. The van der Waals surface area contributed by atoms with Crippen molar-refractivity contribution in [3.8, 4) is 5.69 Å². The summed E-state index contributed by atoms with van der Waals surface area (Å²) in [6.45, 7) is 2.07. The van der Waals surface area contributed by atoms with Crippen LogP contribution in [-0.4, -0.2) is 22.1 Å². The molecule has 0 unspecified atom stereocenters. The predicted molar refractivity (Wildman–Crippen MR) is 139 cm³/mol. The van der Waals surface area contributed by atoms with E-state index in [0.29, 0.717) is 34.6 Å². The van der Waals surface area contributed by atoms with E-state index in [-0.39, 0.29) is 5.56 Å². The fourth-order valence-electron chi connectivity index (χ4n) is 3.24. The van der Waals surface area contributed by atoms with Crippen LogP contribution in [0.25, 0.3) is 28.7 Å². The van der Waals surface area contributed by atoms with Crippen molar-refractivity contribution in [1.29, 1.82) is 0 Å². The van der Waals surface area contributed by atoms with Gasteiger partial charge in [-0.05, 0) is 95.8 Å².